The van der Waals surface area contributed by atoms with E-state index in [0.29, 0.717) is 5.92 Å². The van der Waals surface area contributed by atoms with Crippen molar-refractivity contribution in [2.75, 3.05) is 0 Å². The molecule has 1 aliphatic carbocycles. The van der Waals surface area contributed by atoms with E-state index in [-0.39, 0.29) is 9.52 Å². The Kier molecular flexibility index (Phi) is 4.23. The molecule has 0 amide bonds. The van der Waals surface area contributed by atoms with Crippen LogP contribution in [0.4, 0.5) is 0 Å². The van der Waals surface area contributed by atoms with E-state index in [4.69, 9.17) is 0 Å². The SMILES string of the molecule is CCCc1ccccc1[SiH2]C1=C(C)C(C)=CC1C. The maximum atomic E-state index is 2.43. The van der Waals surface area contributed by atoms with Gasteiger partial charge in [-0.2, -0.15) is 0 Å². The van der Waals surface area contributed by atoms with Crippen LogP contribution in [-0.4, -0.2) is 9.52 Å². The molecule has 1 aliphatic rings. The van der Waals surface area contributed by atoms with Crippen LogP contribution in [0.2, 0.25) is 0 Å². The van der Waals surface area contributed by atoms with Crippen LogP contribution in [-0.2, 0) is 6.42 Å². The van der Waals surface area contributed by atoms with Gasteiger partial charge >= 0.3 is 0 Å². The first kappa shape index (κ1) is 13.4. The van der Waals surface area contributed by atoms with Crippen molar-refractivity contribution in [1.29, 1.82) is 0 Å². The third-order valence-electron chi connectivity index (χ3n) is 4.14. The van der Waals surface area contributed by atoms with Crippen LogP contribution in [0.15, 0.2) is 46.7 Å². The highest BCUT2D eigenvalue weighted by atomic mass is 28.2. The molecular weight excluding hydrogens is 232 g/mol. The molecule has 0 heterocycles. The predicted octanol–water partition coefficient (Wildman–Crippen LogP) is 3.30. The molecule has 1 aromatic rings. The molecular formula is C17H24Si. The monoisotopic (exact) mass is 256 g/mol. The molecule has 0 aliphatic heterocycles. The summed E-state index contributed by atoms with van der Waals surface area (Å²) in [5.41, 5.74) is 4.65. The van der Waals surface area contributed by atoms with Gasteiger partial charge in [0.25, 0.3) is 0 Å². The summed E-state index contributed by atoms with van der Waals surface area (Å²) in [7, 11) is -0.283. The minimum Gasteiger partial charge on any atom is -0.0748 e. The summed E-state index contributed by atoms with van der Waals surface area (Å²) in [4.78, 5) is 0. The summed E-state index contributed by atoms with van der Waals surface area (Å²) in [5.74, 6) is 0.673. The zero-order chi connectivity index (χ0) is 13.1. The first-order valence-electron chi connectivity index (χ1n) is 7.08. The molecule has 1 aromatic carbocycles. The summed E-state index contributed by atoms with van der Waals surface area (Å²) < 4.78 is 0. The van der Waals surface area contributed by atoms with E-state index in [1.165, 1.54) is 18.4 Å². The molecule has 18 heavy (non-hydrogen) atoms. The van der Waals surface area contributed by atoms with E-state index in [1.54, 1.807) is 21.5 Å². The molecule has 0 fully saturated rings. The van der Waals surface area contributed by atoms with Crippen LogP contribution in [0.1, 0.15) is 39.7 Å². The van der Waals surface area contributed by atoms with Gasteiger partial charge in [0, 0.05) is 0 Å². The van der Waals surface area contributed by atoms with E-state index in [0.717, 1.165) is 0 Å². The molecule has 1 unspecified atom stereocenters. The van der Waals surface area contributed by atoms with Crippen LogP contribution < -0.4 is 5.19 Å². The van der Waals surface area contributed by atoms with Gasteiger partial charge in [0.2, 0.25) is 0 Å². The van der Waals surface area contributed by atoms with Gasteiger partial charge in [-0.05, 0) is 31.7 Å². The summed E-state index contributed by atoms with van der Waals surface area (Å²) >= 11 is 0. The summed E-state index contributed by atoms with van der Waals surface area (Å²) in [5, 5.41) is 3.40. The Labute approximate surface area is 114 Å². The smallest absolute Gasteiger partial charge is 0.0748 e. The van der Waals surface area contributed by atoms with Crippen molar-refractivity contribution in [2.24, 2.45) is 5.92 Å². The second kappa shape index (κ2) is 5.70. The Balaban J connectivity index is 2.25. The lowest BCUT2D eigenvalue weighted by molar-refractivity contribution is 0.921. The first-order chi connectivity index (χ1) is 8.63. The molecule has 0 N–H and O–H groups in total. The van der Waals surface area contributed by atoms with Gasteiger partial charge in [-0.15, -0.1) is 0 Å². The molecule has 1 heteroatoms. The molecule has 2 rings (SSSR count). The normalized spacial score (nSPS) is 20.0. The minimum absolute atomic E-state index is 0.283. The average molecular weight is 256 g/mol. The zero-order valence-electron chi connectivity index (χ0n) is 12.1. The Hall–Kier alpha value is -1.08. The number of aryl methyl sites for hydroxylation is 1. The largest absolute Gasteiger partial charge is 0.0839 e. The van der Waals surface area contributed by atoms with Crippen molar-refractivity contribution in [1.82, 2.24) is 0 Å². The van der Waals surface area contributed by atoms with Crippen molar-refractivity contribution < 1.29 is 0 Å². The van der Waals surface area contributed by atoms with Gasteiger partial charge < -0.3 is 0 Å². The van der Waals surface area contributed by atoms with Crippen molar-refractivity contribution >= 4 is 14.7 Å². The summed E-state index contributed by atoms with van der Waals surface area (Å²) in [6, 6.07) is 9.07. The lowest BCUT2D eigenvalue weighted by Crippen LogP contribution is -2.23. The molecule has 96 valence electrons. The predicted molar refractivity (Wildman–Crippen MR) is 84.2 cm³/mol. The molecule has 0 bridgehead atoms. The molecule has 0 saturated heterocycles. The van der Waals surface area contributed by atoms with Crippen LogP contribution in [0.25, 0.3) is 0 Å². The second-order valence-electron chi connectivity index (χ2n) is 5.48. The Morgan fingerprint density at radius 3 is 2.50 bits per heavy atom. The lowest BCUT2D eigenvalue weighted by Gasteiger charge is -2.13. The van der Waals surface area contributed by atoms with Gasteiger partial charge in [0.15, 0.2) is 0 Å². The Bertz CT molecular complexity index is 494. The topological polar surface area (TPSA) is 0 Å². The van der Waals surface area contributed by atoms with E-state index in [9.17, 15) is 0 Å². The van der Waals surface area contributed by atoms with Crippen LogP contribution in [0.5, 0.6) is 0 Å². The highest BCUT2D eigenvalue weighted by molar-refractivity contribution is 6.62. The third kappa shape index (κ3) is 2.67. The fourth-order valence-electron chi connectivity index (χ4n) is 2.94. The van der Waals surface area contributed by atoms with Crippen molar-refractivity contribution in [3.05, 3.63) is 52.2 Å². The summed E-state index contributed by atoms with van der Waals surface area (Å²) in [6.07, 6.45) is 4.91. The van der Waals surface area contributed by atoms with Gasteiger partial charge in [-0.1, -0.05) is 72.1 Å². The van der Waals surface area contributed by atoms with Crippen molar-refractivity contribution in [2.45, 2.75) is 40.5 Å². The number of benzene rings is 1. The highest BCUT2D eigenvalue weighted by Gasteiger charge is 2.19. The van der Waals surface area contributed by atoms with Crippen LogP contribution in [0, 0.1) is 5.92 Å². The average Bonchev–Trinajstić information content (AvgIpc) is 2.59. The summed E-state index contributed by atoms with van der Waals surface area (Å²) in [6.45, 7) is 9.18. The highest BCUT2D eigenvalue weighted by Crippen LogP contribution is 2.29. The quantitative estimate of drug-likeness (QED) is 0.725. The molecule has 0 spiro atoms. The van der Waals surface area contributed by atoms with Gasteiger partial charge in [0.05, 0.1) is 9.52 Å². The van der Waals surface area contributed by atoms with Crippen LogP contribution in [0.3, 0.4) is 0 Å². The number of hydrogen-bond donors (Lipinski definition) is 0. The maximum absolute atomic E-state index is 2.43. The number of hydrogen-bond acceptors (Lipinski definition) is 0. The van der Waals surface area contributed by atoms with Crippen molar-refractivity contribution in [3.63, 3.8) is 0 Å². The maximum Gasteiger partial charge on any atom is 0.0839 e. The molecule has 1 atom stereocenters. The molecule has 0 saturated carbocycles. The Morgan fingerprint density at radius 2 is 1.89 bits per heavy atom. The third-order valence-corrected chi connectivity index (χ3v) is 6.77. The number of rotatable bonds is 4. The van der Waals surface area contributed by atoms with E-state index < -0.39 is 0 Å². The fourth-order valence-corrected chi connectivity index (χ4v) is 5.11. The molecule has 0 nitrogen and oxygen atoms in total. The van der Waals surface area contributed by atoms with Gasteiger partial charge in [-0.3, -0.25) is 0 Å². The minimum atomic E-state index is -0.283. The zero-order valence-corrected chi connectivity index (χ0v) is 13.5. The van der Waals surface area contributed by atoms with Crippen LogP contribution >= 0.6 is 0 Å². The first-order valence-corrected chi connectivity index (χ1v) is 8.50. The van der Waals surface area contributed by atoms with Crippen molar-refractivity contribution in [3.8, 4) is 0 Å². The molecule has 0 radical (unpaired) electrons. The van der Waals surface area contributed by atoms with E-state index in [2.05, 4.69) is 58.0 Å². The standard InChI is InChI=1S/C17H24Si/c1-5-8-15-9-6-7-10-16(15)18-17-13(3)11-12(2)14(17)4/h6-7,9-11,13H,5,8,18H2,1-4H3. The second-order valence-corrected chi connectivity index (χ2v) is 7.36. The Morgan fingerprint density at radius 1 is 1.17 bits per heavy atom. The van der Waals surface area contributed by atoms with Gasteiger partial charge in [0.1, 0.15) is 0 Å². The lowest BCUT2D eigenvalue weighted by atomic mass is 10.1. The van der Waals surface area contributed by atoms with E-state index >= 15 is 0 Å². The molecule has 0 aromatic heterocycles. The fraction of sp³-hybridized carbons (Fsp3) is 0.412. The number of allylic oxidation sites excluding steroid dienone is 4. The van der Waals surface area contributed by atoms with Gasteiger partial charge in [-0.25, -0.2) is 0 Å². The van der Waals surface area contributed by atoms with E-state index in [1.807, 2.05) is 0 Å².